The molecule has 1 aliphatic heterocycles. The molecule has 5 nitrogen and oxygen atoms in total. The number of amides is 1. The van der Waals surface area contributed by atoms with Gasteiger partial charge >= 0.3 is 0 Å². The summed E-state index contributed by atoms with van der Waals surface area (Å²) >= 11 is 6.00. The van der Waals surface area contributed by atoms with Gasteiger partial charge in [-0.05, 0) is 53.8 Å². The zero-order valence-corrected chi connectivity index (χ0v) is 18.1. The predicted molar refractivity (Wildman–Crippen MR) is 112 cm³/mol. The molecule has 0 bridgehead atoms. The number of anilines is 1. The highest BCUT2D eigenvalue weighted by molar-refractivity contribution is 7.89. The molecule has 2 aromatic carbocycles. The Kier molecular flexibility index (Phi) is 5.84. The Hall–Kier alpha value is -1.89. The number of halogens is 1. The molecule has 1 aliphatic rings. The summed E-state index contributed by atoms with van der Waals surface area (Å²) in [6.45, 7) is 4.61. The Morgan fingerprint density at radius 2 is 1.75 bits per heavy atom. The summed E-state index contributed by atoms with van der Waals surface area (Å²) < 4.78 is 26.0. The first-order chi connectivity index (χ1) is 13.1. The summed E-state index contributed by atoms with van der Waals surface area (Å²) in [6, 6.07) is 12.4. The molecule has 28 heavy (non-hydrogen) atoms. The van der Waals surface area contributed by atoms with Gasteiger partial charge in [0, 0.05) is 31.4 Å². The van der Waals surface area contributed by atoms with E-state index in [4.69, 9.17) is 11.6 Å². The lowest BCUT2D eigenvalue weighted by Crippen LogP contribution is -2.35. The third-order valence-corrected chi connectivity index (χ3v) is 7.22. The molecular formula is C21H25ClN2O3S. The van der Waals surface area contributed by atoms with Crippen molar-refractivity contribution in [3.05, 3.63) is 58.6 Å². The van der Waals surface area contributed by atoms with E-state index < -0.39 is 10.0 Å². The maximum absolute atomic E-state index is 13.4. The van der Waals surface area contributed by atoms with E-state index in [-0.39, 0.29) is 22.6 Å². The van der Waals surface area contributed by atoms with Crippen LogP contribution in [0.2, 0.25) is 5.02 Å². The summed E-state index contributed by atoms with van der Waals surface area (Å²) in [6.07, 6.45) is 0.642. The van der Waals surface area contributed by atoms with Crippen LogP contribution in [0.4, 0.5) is 5.69 Å². The summed E-state index contributed by atoms with van der Waals surface area (Å²) in [7, 11) is -0.472. The molecule has 0 spiro atoms. The van der Waals surface area contributed by atoms with Crippen molar-refractivity contribution in [3.8, 4) is 0 Å². The minimum atomic E-state index is -3.50. The van der Waals surface area contributed by atoms with Crippen LogP contribution in [0.15, 0.2) is 47.4 Å². The van der Waals surface area contributed by atoms with Gasteiger partial charge < -0.3 is 4.90 Å². The van der Waals surface area contributed by atoms with Gasteiger partial charge in [0.05, 0.1) is 10.8 Å². The fourth-order valence-corrected chi connectivity index (χ4v) is 4.71. The van der Waals surface area contributed by atoms with Crippen LogP contribution in [-0.4, -0.2) is 39.3 Å². The minimum absolute atomic E-state index is 0.0271. The van der Waals surface area contributed by atoms with E-state index in [1.54, 1.807) is 35.2 Å². The van der Waals surface area contributed by atoms with Crippen molar-refractivity contribution in [1.82, 2.24) is 4.31 Å². The molecule has 0 aromatic heterocycles. The summed E-state index contributed by atoms with van der Waals surface area (Å²) in [5.41, 5.74) is 2.61. The molecule has 0 aliphatic carbocycles. The van der Waals surface area contributed by atoms with Gasteiger partial charge in [-0.25, -0.2) is 12.7 Å². The Labute approximate surface area is 172 Å². The van der Waals surface area contributed by atoms with Crippen molar-refractivity contribution in [2.45, 2.75) is 31.1 Å². The second-order valence-electron chi connectivity index (χ2n) is 7.59. The summed E-state index contributed by atoms with van der Waals surface area (Å²) in [4.78, 5) is 15.4. The Morgan fingerprint density at radius 1 is 1.11 bits per heavy atom. The molecule has 3 rings (SSSR count). The van der Waals surface area contributed by atoms with E-state index in [9.17, 15) is 13.2 Å². The van der Waals surface area contributed by atoms with Crippen molar-refractivity contribution >= 4 is 33.2 Å². The zero-order chi connectivity index (χ0) is 20.6. The molecule has 0 saturated heterocycles. The predicted octanol–water partition coefficient (Wildman–Crippen LogP) is 3.92. The topological polar surface area (TPSA) is 57.7 Å². The Balaban J connectivity index is 1.94. The molecule has 0 N–H and O–H groups in total. The first-order valence-corrected chi connectivity index (χ1v) is 11.1. The maximum atomic E-state index is 13.4. The molecule has 0 radical (unpaired) electrons. The SMILES string of the molecule is CC(C)[C@H](C(=O)N1CCc2cc(S(=O)(=O)N(C)C)ccc21)c1ccc(Cl)cc1. The first-order valence-electron chi connectivity index (χ1n) is 9.25. The molecule has 0 fully saturated rings. The van der Waals surface area contributed by atoms with Crippen LogP contribution in [0.3, 0.4) is 0 Å². The quantitative estimate of drug-likeness (QED) is 0.736. The normalized spacial score (nSPS) is 15.2. The molecule has 1 heterocycles. The molecule has 150 valence electrons. The lowest BCUT2D eigenvalue weighted by molar-refractivity contribution is -0.120. The molecule has 7 heteroatoms. The van der Waals surface area contributed by atoms with Crippen LogP contribution in [0.5, 0.6) is 0 Å². The number of hydrogen-bond donors (Lipinski definition) is 0. The van der Waals surface area contributed by atoms with Gasteiger partial charge in [-0.2, -0.15) is 0 Å². The molecule has 0 unspecified atom stereocenters. The molecule has 1 atom stereocenters. The Bertz CT molecular complexity index is 985. The van der Waals surface area contributed by atoms with Gasteiger partial charge in [-0.3, -0.25) is 4.79 Å². The number of hydrogen-bond acceptors (Lipinski definition) is 3. The zero-order valence-electron chi connectivity index (χ0n) is 16.5. The number of carbonyl (C=O) groups excluding carboxylic acids is 1. The monoisotopic (exact) mass is 420 g/mol. The van der Waals surface area contributed by atoms with Crippen LogP contribution < -0.4 is 4.90 Å². The second-order valence-corrected chi connectivity index (χ2v) is 10.2. The van der Waals surface area contributed by atoms with Gasteiger partial charge in [-0.1, -0.05) is 37.6 Å². The van der Waals surface area contributed by atoms with Gasteiger partial charge in [0.25, 0.3) is 0 Å². The largest absolute Gasteiger partial charge is 0.311 e. The van der Waals surface area contributed by atoms with Gasteiger partial charge in [0.15, 0.2) is 0 Å². The summed E-state index contributed by atoms with van der Waals surface area (Å²) in [5.74, 6) is -0.140. The average Bonchev–Trinajstić information content (AvgIpc) is 3.06. The molecule has 0 saturated carbocycles. The van der Waals surface area contributed by atoms with Crippen LogP contribution in [0, 0.1) is 5.92 Å². The standard InChI is InChI=1S/C21H25ClN2O3S/c1-14(2)20(15-5-7-17(22)8-6-15)21(25)24-12-11-16-13-18(9-10-19(16)24)28(26,27)23(3)4/h5-10,13-14,20H,11-12H2,1-4H3/t20-/m0/s1. The number of nitrogens with zero attached hydrogens (tertiary/aromatic N) is 2. The van der Waals surface area contributed by atoms with E-state index in [1.165, 1.54) is 18.4 Å². The average molecular weight is 421 g/mol. The minimum Gasteiger partial charge on any atom is -0.311 e. The Morgan fingerprint density at radius 3 is 2.32 bits per heavy atom. The molecule has 1 amide bonds. The maximum Gasteiger partial charge on any atom is 0.242 e. The van der Waals surface area contributed by atoms with Crippen molar-refractivity contribution in [2.24, 2.45) is 5.92 Å². The highest BCUT2D eigenvalue weighted by atomic mass is 35.5. The van der Waals surface area contributed by atoms with E-state index >= 15 is 0 Å². The third kappa shape index (κ3) is 3.81. The van der Waals surface area contributed by atoms with Crippen LogP contribution in [0.25, 0.3) is 0 Å². The van der Waals surface area contributed by atoms with E-state index in [2.05, 4.69) is 0 Å². The lowest BCUT2D eigenvalue weighted by Gasteiger charge is -2.27. The van der Waals surface area contributed by atoms with E-state index in [1.807, 2.05) is 26.0 Å². The highest BCUT2D eigenvalue weighted by Crippen LogP contribution is 2.35. The van der Waals surface area contributed by atoms with Gasteiger partial charge in [-0.15, -0.1) is 0 Å². The van der Waals surface area contributed by atoms with Crippen molar-refractivity contribution in [3.63, 3.8) is 0 Å². The van der Waals surface area contributed by atoms with Gasteiger partial charge in [0.1, 0.15) is 0 Å². The fraction of sp³-hybridized carbons (Fsp3) is 0.381. The van der Waals surface area contributed by atoms with Crippen molar-refractivity contribution in [1.29, 1.82) is 0 Å². The van der Waals surface area contributed by atoms with E-state index in [0.717, 1.165) is 16.8 Å². The number of sulfonamides is 1. The third-order valence-electron chi connectivity index (χ3n) is 5.15. The number of rotatable bonds is 5. The fourth-order valence-electron chi connectivity index (χ4n) is 3.63. The van der Waals surface area contributed by atoms with Crippen molar-refractivity contribution < 1.29 is 13.2 Å². The lowest BCUT2D eigenvalue weighted by atomic mass is 9.87. The summed E-state index contributed by atoms with van der Waals surface area (Å²) in [5, 5.41) is 0.639. The van der Waals surface area contributed by atoms with Gasteiger partial charge in [0.2, 0.25) is 15.9 Å². The number of fused-ring (bicyclic) bond motifs is 1. The molecule has 2 aromatic rings. The number of benzene rings is 2. The number of carbonyl (C=O) groups is 1. The van der Waals surface area contributed by atoms with Crippen molar-refractivity contribution in [2.75, 3.05) is 25.5 Å². The van der Waals surface area contributed by atoms with Crippen LogP contribution in [0.1, 0.15) is 30.9 Å². The first kappa shape index (κ1) is 20.8. The highest BCUT2D eigenvalue weighted by Gasteiger charge is 2.33. The van der Waals surface area contributed by atoms with Crippen LogP contribution >= 0.6 is 11.6 Å². The smallest absolute Gasteiger partial charge is 0.242 e. The second kappa shape index (κ2) is 7.85. The van der Waals surface area contributed by atoms with E-state index in [0.29, 0.717) is 18.0 Å². The molecular weight excluding hydrogens is 396 g/mol. The van der Waals surface area contributed by atoms with Crippen LogP contribution in [-0.2, 0) is 21.2 Å².